The van der Waals surface area contributed by atoms with E-state index in [1.165, 1.54) is 31.3 Å². The van der Waals surface area contributed by atoms with Crippen molar-refractivity contribution in [3.8, 4) is 0 Å². The molecule has 2 bridgehead atoms. The molecule has 7 heteroatoms. The molecule has 5 nitrogen and oxygen atoms in total. The van der Waals surface area contributed by atoms with Crippen LogP contribution >= 0.6 is 22.9 Å². The van der Waals surface area contributed by atoms with Gasteiger partial charge in [0.15, 0.2) is 0 Å². The Hall–Kier alpha value is -1.40. The fraction of sp³-hybridized carbons (Fsp3) is 0.632. The van der Waals surface area contributed by atoms with E-state index in [1.807, 2.05) is 6.92 Å². The molecule has 2 aliphatic rings. The first-order valence-corrected chi connectivity index (χ1v) is 10.1. The van der Waals surface area contributed by atoms with Crippen molar-refractivity contribution in [1.29, 1.82) is 0 Å². The Morgan fingerprint density at radius 2 is 2.04 bits per heavy atom. The van der Waals surface area contributed by atoms with Gasteiger partial charge in [-0.1, -0.05) is 20.8 Å². The number of aryl methyl sites for hydroxylation is 1. The van der Waals surface area contributed by atoms with Gasteiger partial charge in [-0.25, -0.2) is 9.78 Å². The van der Waals surface area contributed by atoms with E-state index >= 15 is 0 Å². The molecule has 1 saturated carbocycles. The third-order valence-corrected chi connectivity index (χ3v) is 7.14. The number of rotatable bonds is 2. The van der Waals surface area contributed by atoms with Gasteiger partial charge in [0.2, 0.25) is 5.28 Å². The lowest BCUT2D eigenvalue weighted by atomic mass is 9.65. The van der Waals surface area contributed by atoms with Crippen LogP contribution in [-0.4, -0.2) is 35.6 Å². The van der Waals surface area contributed by atoms with Gasteiger partial charge in [0, 0.05) is 12.6 Å². The Bertz CT molecular complexity index is 910. The number of carbonyl (C=O) groups excluding carboxylic acids is 1. The molecule has 1 aliphatic heterocycles. The van der Waals surface area contributed by atoms with E-state index in [1.54, 1.807) is 0 Å². The lowest BCUT2D eigenvalue weighted by Gasteiger charge is -2.39. The molecular formula is C19H24ClN3O2S. The second-order valence-corrected chi connectivity index (χ2v) is 10.2. The number of aromatic nitrogens is 2. The molecule has 0 amide bonds. The average molecular weight is 394 g/mol. The van der Waals surface area contributed by atoms with Crippen LogP contribution in [0.4, 0.5) is 5.82 Å². The summed E-state index contributed by atoms with van der Waals surface area (Å²) < 4.78 is 4.93. The maximum atomic E-state index is 12.1. The average Bonchev–Trinajstić information content (AvgIpc) is 2.98. The molecule has 1 saturated heterocycles. The zero-order valence-corrected chi connectivity index (χ0v) is 17.4. The maximum Gasteiger partial charge on any atom is 0.348 e. The standard InChI is InChI=1S/C19H24ClN3O2S/c1-10-12-14(21-17(20)22-15(12)26-13(10)16(24)25-5)23-9-19(4)7-11(23)6-18(2,3)8-19/h11H,6-9H2,1-5H3. The summed E-state index contributed by atoms with van der Waals surface area (Å²) in [5.74, 6) is 0.538. The van der Waals surface area contributed by atoms with Crippen molar-refractivity contribution in [3.63, 3.8) is 0 Å². The number of methoxy groups -OCH3 is 1. The number of hydrogen-bond acceptors (Lipinski definition) is 6. The van der Waals surface area contributed by atoms with Crippen molar-refractivity contribution in [2.45, 2.75) is 53.0 Å². The van der Waals surface area contributed by atoms with E-state index in [9.17, 15) is 4.79 Å². The molecule has 4 rings (SSSR count). The fourth-order valence-electron chi connectivity index (χ4n) is 5.30. The molecular weight excluding hydrogens is 370 g/mol. The lowest BCUT2D eigenvalue weighted by molar-refractivity contribution is 0.0605. The molecule has 0 aromatic carbocycles. The molecule has 2 atom stereocenters. The number of esters is 1. The molecule has 2 unspecified atom stereocenters. The molecule has 26 heavy (non-hydrogen) atoms. The normalized spacial score (nSPS) is 27.2. The maximum absolute atomic E-state index is 12.1. The minimum Gasteiger partial charge on any atom is -0.465 e. The first-order chi connectivity index (χ1) is 12.1. The minimum absolute atomic E-state index is 0.232. The Kier molecular flexibility index (Phi) is 4.01. The highest BCUT2D eigenvalue weighted by Gasteiger charge is 2.50. The Balaban J connectivity index is 1.87. The predicted molar refractivity (Wildman–Crippen MR) is 105 cm³/mol. The summed E-state index contributed by atoms with van der Waals surface area (Å²) in [6.07, 6.45) is 3.52. The fourth-order valence-corrected chi connectivity index (χ4v) is 6.60. The van der Waals surface area contributed by atoms with Gasteiger partial charge < -0.3 is 9.64 Å². The zero-order valence-electron chi connectivity index (χ0n) is 15.9. The van der Waals surface area contributed by atoms with Crippen LogP contribution in [-0.2, 0) is 4.74 Å². The minimum atomic E-state index is -0.333. The summed E-state index contributed by atoms with van der Waals surface area (Å²) in [5, 5.41) is 1.17. The van der Waals surface area contributed by atoms with Gasteiger partial charge in [-0.3, -0.25) is 0 Å². The summed E-state index contributed by atoms with van der Waals surface area (Å²) in [7, 11) is 1.40. The highest BCUT2D eigenvalue weighted by Crippen LogP contribution is 2.54. The van der Waals surface area contributed by atoms with E-state index in [4.69, 9.17) is 16.3 Å². The van der Waals surface area contributed by atoms with Crippen LogP contribution in [0, 0.1) is 17.8 Å². The van der Waals surface area contributed by atoms with Crippen molar-refractivity contribution in [2.24, 2.45) is 10.8 Å². The summed E-state index contributed by atoms with van der Waals surface area (Å²) in [4.78, 5) is 24.9. The number of anilines is 1. The van der Waals surface area contributed by atoms with E-state index in [0.717, 1.165) is 34.6 Å². The van der Waals surface area contributed by atoms with Crippen LogP contribution < -0.4 is 4.90 Å². The molecule has 0 N–H and O–H groups in total. The van der Waals surface area contributed by atoms with Crippen LogP contribution in [0.15, 0.2) is 0 Å². The molecule has 0 spiro atoms. The Morgan fingerprint density at radius 1 is 1.31 bits per heavy atom. The quantitative estimate of drug-likeness (QED) is 0.539. The Morgan fingerprint density at radius 3 is 2.73 bits per heavy atom. The van der Waals surface area contributed by atoms with E-state index in [2.05, 4.69) is 35.6 Å². The molecule has 2 aromatic heterocycles. The number of fused-ring (bicyclic) bond motifs is 3. The zero-order chi connectivity index (χ0) is 18.9. The number of halogens is 1. The third-order valence-electron chi connectivity index (χ3n) is 5.80. The number of carbonyl (C=O) groups is 1. The summed E-state index contributed by atoms with van der Waals surface area (Å²) >= 11 is 7.58. The summed E-state index contributed by atoms with van der Waals surface area (Å²) in [5.41, 5.74) is 1.49. The van der Waals surface area contributed by atoms with Gasteiger partial charge in [-0.2, -0.15) is 4.98 Å². The van der Waals surface area contributed by atoms with Gasteiger partial charge in [0.25, 0.3) is 0 Å². The highest BCUT2D eigenvalue weighted by atomic mass is 35.5. The predicted octanol–water partition coefficient (Wildman–Crippen LogP) is 4.84. The van der Waals surface area contributed by atoms with Crippen LogP contribution in [0.25, 0.3) is 10.2 Å². The van der Waals surface area contributed by atoms with Crippen LogP contribution in [0.5, 0.6) is 0 Å². The van der Waals surface area contributed by atoms with Gasteiger partial charge in [-0.15, -0.1) is 11.3 Å². The van der Waals surface area contributed by atoms with Crippen molar-refractivity contribution in [3.05, 3.63) is 15.7 Å². The molecule has 0 radical (unpaired) electrons. The summed E-state index contributed by atoms with van der Waals surface area (Å²) in [6, 6.07) is 0.443. The van der Waals surface area contributed by atoms with Crippen molar-refractivity contribution < 1.29 is 9.53 Å². The third kappa shape index (κ3) is 2.78. The highest BCUT2D eigenvalue weighted by molar-refractivity contribution is 7.20. The van der Waals surface area contributed by atoms with Gasteiger partial charge in [0.05, 0.1) is 12.5 Å². The van der Waals surface area contributed by atoms with Gasteiger partial charge >= 0.3 is 5.97 Å². The van der Waals surface area contributed by atoms with Gasteiger partial charge in [-0.05, 0) is 54.2 Å². The SMILES string of the molecule is COC(=O)c1sc2nc(Cl)nc(N3CC4(C)CC3CC(C)(C)C4)c2c1C. The molecule has 2 fully saturated rings. The smallest absolute Gasteiger partial charge is 0.348 e. The number of nitrogens with zero attached hydrogens (tertiary/aromatic N) is 3. The first kappa shape index (κ1) is 18.0. The van der Waals surface area contributed by atoms with E-state index in [-0.39, 0.29) is 16.7 Å². The molecule has 140 valence electrons. The summed E-state index contributed by atoms with van der Waals surface area (Å²) in [6.45, 7) is 10.00. The monoisotopic (exact) mass is 393 g/mol. The second kappa shape index (κ2) is 5.80. The topological polar surface area (TPSA) is 55.3 Å². The molecule has 1 aliphatic carbocycles. The molecule has 3 heterocycles. The largest absolute Gasteiger partial charge is 0.465 e. The van der Waals surface area contributed by atoms with Crippen LogP contribution in [0.1, 0.15) is 55.3 Å². The lowest BCUT2D eigenvalue weighted by Crippen LogP contribution is -2.35. The van der Waals surface area contributed by atoms with Crippen molar-refractivity contribution >= 4 is 44.9 Å². The van der Waals surface area contributed by atoms with Crippen LogP contribution in [0.2, 0.25) is 5.28 Å². The second-order valence-electron chi connectivity index (χ2n) is 8.89. The first-order valence-electron chi connectivity index (χ1n) is 8.94. The number of hydrogen-bond donors (Lipinski definition) is 0. The number of ether oxygens (including phenoxy) is 1. The van der Waals surface area contributed by atoms with E-state index in [0.29, 0.717) is 16.3 Å². The van der Waals surface area contributed by atoms with E-state index < -0.39 is 0 Å². The van der Waals surface area contributed by atoms with Crippen molar-refractivity contribution in [1.82, 2.24) is 9.97 Å². The number of thiophene rings is 1. The van der Waals surface area contributed by atoms with Crippen LogP contribution in [0.3, 0.4) is 0 Å². The Labute approximate surface area is 162 Å². The molecule has 2 aromatic rings. The van der Waals surface area contributed by atoms with Gasteiger partial charge in [0.1, 0.15) is 15.5 Å². The van der Waals surface area contributed by atoms with Crippen molar-refractivity contribution in [2.75, 3.05) is 18.6 Å².